The van der Waals surface area contributed by atoms with Crippen molar-refractivity contribution in [3.63, 3.8) is 0 Å². The number of fused-ring (bicyclic) bond motifs is 1. The van der Waals surface area contributed by atoms with Crippen LogP contribution in [0.15, 0.2) is 41.7 Å². The normalized spacial score (nSPS) is 12.7. The van der Waals surface area contributed by atoms with Gasteiger partial charge in [0.25, 0.3) is 0 Å². The highest BCUT2D eigenvalue weighted by molar-refractivity contribution is 7.98. The number of rotatable bonds is 4. The average Bonchev–Trinajstić information content (AvgIpc) is 2.91. The summed E-state index contributed by atoms with van der Waals surface area (Å²) >= 11 is 7.86. The first kappa shape index (κ1) is 14.2. The summed E-state index contributed by atoms with van der Waals surface area (Å²) in [4.78, 5) is 8.54. The molecule has 1 radical (unpaired) electrons. The van der Waals surface area contributed by atoms with Crippen LogP contribution in [0.1, 0.15) is 10.9 Å². The molecule has 0 bridgehead atoms. The smallest absolute Gasteiger partial charge is 0.191 e. The first-order valence-electron chi connectivity index (χ1n) is 6.37. The molecular weight excluding hydrogens is 306 g/mol. The van der Waals surface area contributed by atoms with Gasteiger partial charge in [0, 0.05) is 0 Å². The fourth-order valence-corrected chi connectivity index (χ4v) is 2.72. The zero-order chi connectivity index (χ0) is 14.8. The van der Waals surface area contributed by atoms with Crippen molar-refractivity contribution in [2.24, 2.45) is 0 Å². The number of thioether (sulfide) groups is 1. The predicted octanol–water partition coefficient (Wildman–Crippen LogP) is 3.44. The lowest BCUT2D eigenvalue weighted by atomic mass is 10.1. The molecule has 1 unspecified atom stereocenters. The Bertz CT molecular complexity index is 759. The molecule has 1 aromatic carbocycles. The molecule has 3 rings (SSSR count). The fourth-order valence-electron chi connectivity index (χ4n) is 2.08. The van der Waals surface area contributed by atoms with Crippen LogP contribution in [0.3, 0.4) is 0 Å². The molecule has 107 valence electrons. The molecule has 0 fully saturated rings. The van der Waals surface area contributed by atoms with Crippen LogP contribution in [0.4, 0.5) is 5.82 Å². The SMILES string of the molecule is CSc1nc([NH])c2cnn(CC(Cl)c3ccccc3)c2n1. The van der Waals surface area contributed by atoms with Gasteiger partial charge in [-0.1, -0.05) is 42.1 Å². The molecule has 0 saturated carbocycles. The number of benzene rings is 1. The van der Waals surface area contributed by atoms with Gasteiger partial charge in [0.1, 0.15) is 0 Å². The quantitative estimate of drug-likeness (QED) is 0.420. The van der Waals surface area contributed by atoms with Crippen LogP contribution >= 0.6 is 23.4 Å². The summed E-state index contributed by atoms with van der Waals surface area (Å²) in [6.07, 6.45) is 3.51. The van der Waals surface area contributed by atoms with Gasteiger partial charge in [0.05, 0.1) is 23.5 Å². The minimum Gasteiger partial charge on any atom is -0.282 e. The Morgan fingerprint density at radius 3 is 2.76 bits per heavy atom. The van der Waals surface area contributed by atoms with Gasteiger partial charge in [-0.3, -0.25) is 5.73 Å². The number of halogens is 1. The zero-order valence-corrected chi connectivity index (χ0v) is 12.9. The largest absolute Gasteiger partial charge is 0.282 e. The van der Waals surface area contributed by atoms with E-state index in [1.165, 1.54) is 11.8 Å². The van der Waals surface area contributed by atoms with E-state index in [2.05, 4.69) is 15.1 Å². The number of nitrogens with one attached hydrogen (secondary N) is 1. The van der Waals surface area contributed by atoms with Crippen molar-refractivity contribution in [3.8, 4) is 0 Å². The monoisotopic (exact) mass is 318 g/mol. The molecule has 0 aliphatic heterocycles. The van der Waals surface area contributed by atoms with Crippen molar-refractivity contribution in [1.29, 1.82) is 0 Å². The number of aromatic nitrogens is 4. The lowest BCUT2D eigenvalue weighted by Gasteiger charge is -2.10. The maximum atomic E-state index is 7.92. The minimum absolute atomic E-state index is 0.196. The summed E-state index contributed by atoms with van der Waals surface area (Å²) in [6, 6.07) is 9.85. The molecule has 0 saturated heterocycles. The topological polar surface area (TPSA) is 67.4 Å². The van der Waals surface area contributed by atoms with Crippen molar-refractivity contribution >= 4 is 40.2 Å². The lowest BCUT2D eigenvalue weighted by Crippen LogP contribution is -2.07. The molecule has 1 atom stereocenters. The number of hydrogen-bond donors (Lipinski definition) is 0. The van der Waals surface area contributed by atoms with E-state index in [9.17, 15) is 0 Å². The van der Waals surface area contributed by atoms with E-state index >= 15 is 0 Å². The van der Waals surface area contributed by atoms with Gasteiger partial charge < -0.3 is 0 Å². The van der Waals surface area contributed by atoms with Crippen LogP contribution in [0.25, 0.3) is 11.0 Å². The van der Waals surface area contributed by atoms with Crippen LogP contribution in [0, 0.1) is 0 Å². The summed E-state index contributed by atoms with van der Waals surface area (Å²) in [5.41, 5.74) is 9.61. The maximum Gasteiger partial charge on any atom is 0.191 e. The standard InChI is InChI=1S/C14H13ClN5S/c1-21-14-18-12(16)10-7-17-20(13(10)19-14)8-11(15)9-5-3-2-4-6-9/h2-7,11,16H,8H2,1H3. The first-order chi connectivity index (χ1) is 10.2. The van der Waals surface area contributed by atoms with E-state index in [4.69, 9.17) is 17.3 Å². The minimum atomic E-state index is -0.198. The van der Waals surface area contributed by atoms with Crippen LogP contribution in [-0.2, 0) is 6.54 Å². The molecule has 0 aliphatic rings. The summed E-state index contributed by atoms with van der Waals surface area (Å²) in [5.74, 6) is 0.196. The molecule has 21 heavy (non-hydrogen) atoms. The van der Waals surface area contributed by atoms with Gasteiger partial charge in [0.2, 0.25) is 0 Å². The molecule has 1 N–H and O–H groups in total. The van der Waals surface area contributed by atoms with Gasteiger partial charge in [-0.05, 0) is 11.8 Å². The van der Waals surface area contributed by atoms with Crippen LogP contribution in [-0.4, -0.2) is 26.0 Å². The summed E-state index contributed by atoms with van der Waals surface area (Å²) in [5, 5.41) is 5.31. The second-order valence-corrected chi connectivity index (χ2v) is 5.80. The van der Waals surface area contributed by atoms with Crippen LogP contribution in [0.5, 0.6) is 0 Å². The highest BCUT2D eigenvalue weighted by Crippen LogP contribution is 2.26. The van der Waals surface area contributed by atoms with E-state index in [1.807, 2.05) is 36.6 Å². The first-order valence-corrected chi connectivity index (χ1v) is 8.03. The highest BCUT2D eigenvalue weighted by Gasteiger charge is 2.15. The zero-order valence-electron chi connectivity index (χ0n) is 11.3. The molecule has 0 aliphatic carbocycles. The van der Waals surface area contributed by atoms with E-state index in [0.717, 1.165) is 5.56 Å². The van der Waals surface area contributed by atoms with Crippen LogP contribution < -0.4 is 5.73 Å². The molecule has 3 aromatic rings. The molecule has 0 spiro atoms. The second-order valence-electron chi connectivity index (χ2n) is 4.50. The Balaban J connectivity index is 1.96. The van der Waals surface area contributed by atoms with E-state index in [-0.39, 0.29) is 11.2 Å². The Morgan fingerprint density at radius 1 is 1.29 bits per heavy atom. The predicted molar refractivity (Wildman–Crippen MR) is 84.9 cm³/mol. The third-order valence-electron chi connectivity index (χ3n) is 3.15. The van der Waals surface area contributed by atoms with E-state index in [0.29, 0.717) is 22.7 Å². The van der Waals surface area contributed by atoms with Gasteiger partial charge >= 0.3 is 0 Å². The molecule has 2 heterocycles. The Kier molecular flexibility index (Phi) is 3.98. The lowest BCUT2D eigenvalue weighted by molar-refractivity contribution is 0.613. The average molecular weight is 319 g/mol. The Labute approximate surface area is 131 Å². The molecule has 5 nitrogen and oxygen atoms in total. The van der Waals surface area contributed by atoms with Gasteiger partial charge in [-0.15, -0.1) is 11.6 Å². The van der Waals surface area contributed by atoms with E-state index in [1.54, 1.807) is 10.9 Å². The van der Waals surface area contributed by atoms with Crippen molar-refractivity contribution in [3.05, 3.63) is 42.1 Å². The van der Waals surface area contributed by atoms with E-state index < -0.39 is 0 Å². The third-order valence-corrected chi connectivity index (χ3v) is 4.09. The van der Waals surface area contributed by atoms with Crippen molar-refractivity contribution < 1.29 is 0 Å². The van der Waals surface area contributed by atoms with Crippen LogP contribution in [0.2, 0.25) is 0 Å². The summed E-state index contributed by atoms with van der Waals surface area (Å²) in [7, 11) is 0. The molecular formula is C14H13ClN5S. The van der Waals surface area contributed by atoms with Crippen molar-refractivity contribution in [2.75, 3.05) is 6.26 Å². The van der Waals surface area contributed by atoms with Gasteiger partial charge in [-0.2, -0.15) is 5.10 Å². The van der Waals surface area contributed by atoms with Crippen molar-refractivity contribution in [2.45, 2.75) is 17.1 Å². The summed E-state index contributed by atoms with van der Waals surface area (Å²) in [6.45, 7) is 0.499. The summed E-state index contributed by atoms with van der Waals surface area (Å²) < 4.78 is 1.74. The van der Waals surface area contributed by atoms with Crippen molar-refractivity contribution in [1.82, 2.24) is 25.5 Å². The number of alkyl halides is 1. The third kappa shape index (κ3) is 2.82. The number of nitrogens with zero attached hydrogens (tertiary/aromatic N) is 4. The Hall–Kier alpha value is -1.79. The number of hydrogen-bond acceptors (Lipinski definition) is 4. The Morgan fingerprint density at radius 2 is 2.05 bits per heavy atom. The molecule has 2 aromatic heterocycles. The molecule has 0 amide bonds. The second kappa shape index (κ2) is 5.91. The maximum absolute atomic E-state index is 7.92. The van der Waals surface area contributed by atoms with Gasteiger partial charge in [0.15, 0.2) is 16.6 Å². The highest BCUT2D eigenvalue weighted by atomic mass is 35.5. The van der Waals surface area contributed by atoms with Gasteiger partial charge in [-0.25, -0.2) is 14.6 Å². The molecule has 7 heteroatoms. The fraction of sp³-hybridized carbons (Fsp3) is 0.214.